The molecule has 1 unspecified atom stereocenters. The van der Waals surface area contributed by atoms with Crippen molar-refractivity contribution in [3.8, 4) is 0 Å². The van der Waals surface area contributed by atoms with Crippen LogP contribution in [-0.2, 0) is 17.8 Å². The Morgan fingerprint density at radius 3 is 2.58 bits per heavy atom. The molecule has 0 spiro atoms. The first-order valence-electron chi connectivity index (χ1n) is 13.9. The van der Waals surface area contributed by atoms with Gasteiger partial charge >= 0.3 is 0 Å². The molecule has 2 saturated heterocycles. The van der Waals surface area contributed by atoms with E-state index in [1.165, 1.54) is 17.5 Å². The molecule has 38 heavy (non-hydrogen) atoms. The minimum atomic E-state index is -0.175. The van der Waals surface area contributed by atoms with Crippen molar-refractivity contribution in [2.45, 2.75) is 44.8 Å². The fourth-order valence-electron chi connectivity index (χ4n) is 5.77. The number of aromatic nitrogens is 2. The maximum atomic E-state index is 13.1. The molecule has 2 fully saturated rings. The number of hydrogen-bond acceptors (Lipinski definition) is 8. The Balaban J connectivity index is 1.17. The van der Waals surface area contributed by atoms with E-state index in [-0.39, 0.29) is 23.9 Å². The molecule has 1 atom stereocenters. The van der Waals surface area contributed by atoms with E-state index in [0.29, 0.717) is 18.1 Å². The fraction of sp³-hybridized carbons (Fsp3) is 0.571. The smallest absolute Gasteiger partial charge is 0.270 e. The number of benzene rings is 1. The van der Waals surface area contributed by atoms with Gasteiger partial charge in [-0.05, 0) is 30.4 Å². The number of carbonyl (C=O) groups excluding carboxylic acids is 2. The summed E-state index contributed by atoms with van der Waals surface area (Å²) >= 11 is 0. The van der Waals surface area contributed by atoms with Gasteiger partial charge in [0.25, 0.3) is 5.91 Å². The van der Waals surface area contributed by atoms with E-state index in [0.717, 1.165) is 78.2 Å². The quantitative estimate of drug-likeness (QED) is 0.473. The third kappa shape index (κ3) is 6.86. The molecule has 10 heteroatoms. The van der Waals surface area contributed by atoms with Crippen LogP contribution >= 0.6 is 0 Å². The van der Waals surface area contributed by atoms with Crippen LogP contribution in [0.25, 0.3) is 0 Å². The number of nitrogens with zero attached hydrogens (tertiary/aromatic N) is 5. The van der Waals surface area contributed by atoms with E-state index in [1.54, 1.807) is 13.0 Å². The average molecular weight is 521 g/mol. The van der Waals surface area contributed by atoms with Gasteiger partial charge in [0.1, 0.15) is 17.8 Å². The lowest BCUT2D eigenvalue weighted by molar-refractivity contribution is -0.129. The van der Waals surface area contributed by atoms with Crippen molar-refractivity contribution in [1.29, 1.82) is 0 Å². The van der Waals surface area contributed by atoms with Crippen molar-refractivity contribution in [2.24, 2.45) is 0 Å². The number of piperazine rings is 1. The molecule has 1 aromatic carbocycles. The van der Waals surface area contributed by atoms with Gasteiger partial charge < -0.3 is 20.9 Å². The van der Waals surface area contributed by atoms with Crippen LogP contribution in [0.1, 0.15) is 41.4 Å². The second-order valence-electron chi connectivity index (χ2n) is 10.6. The highest BCUT2D eigenvalue weighted by Crippen LogP contribution is 2.20. The van der Waals surface area contributed by atoms with E-state index >= 15 is 0 Å². The fourth-order valence-corrected chi connectivity index (χ4v) is 5.77. The van der Waals surface area contributed by atoms with Crippen molar-refractivity contribution < 1.29 is 9.59 Å². The summed E-state index contributed by atoms with van der Waals surface area (Å²) in [6.45, 7) is 10.5. The van der Waals surface area contributed by atoms with E-state index in [2.05, 4.69) is 60.0 Å². The van der Waals surface area contributed by atoms with Gasteiger partial charge in [0.15, 0.2) is 0 Å². The minimum Gasteiger partial charge on any atom is -0.367 e. The molecule has 204 valence electrons. The first-order valence-corrected chi connectivity index (χ1v) is 13.9. The molecule has 10 nitrogen and oxygen atoms in total. The zero-order chi connectivity index (χ0) is 26.3. The largest absolute Gasteiger partial charge is 0.367 e. The standard InChI is InChI=1S/C28H40N8O2/c1-21(37)35-12-7-24(8-13-35)33-27-16-26(31-20-32-27)28(38)30-17-25(36-14-9-29-10-15-36)19-34-11-6-22-4-2-3-5-23(22)18-34/h2-5,16,20,24-25,29H,6-15,17-19H2,1H3,(H,30,38)(H,31,32,33). The summed E-state index contributed by atoms with van der Waals surface area (Å²) in [4.78, 5) is 40.2. The number of amides is 2. The van der Waals surface area contributed by atoms with Crippen LogP contribution in [0.2, 0.25) is 0 Å². The molecule has 2 aromatic rings. The predicted molar refractivity (Wildman–Crippen MR) is 147 cm³/mol. The van der Waals surface area contributed by atoms with E-state index in [4.69, 9.17) is 0 Å². The number of nitrogens with one attached hydrogen (secondary N) is 3. The average Bonchev–Trinajstić information content (AvgIpc) is 2.96. The van der Waals surface area contributed by atoms with Crippen LogP contribution in [0.4, 0.5) is 5.82 Å². The van der Waals surface area contributed by atoms with E-state index in [9.17, 15) is 9.59 Å². The number of rotatable bonds is 8. The molecule has 0 aliphatic carbocycles. The third-order valence-corrected chi connectivity index (χ3v) is 8.04. The Morgan fingerprint density at radius 2 is 1.82 bits per heavy atom. The van der Waals surface area contributed by atoms with Gasteiger partial charge in [0, 0.05) is 90.5 Å². The molecule has 3 aliphatic heterocycles. The number of likely N-dealkylation sites (tertiary alicyclic amines) is 1. The van der Waals surface area contributed by atoms with Crippen LogP contribution in [0.3, 0.4) is 0 Å². The number of hydrogen-bond donors (Lipinski definition) is 3. The third-order valence-electron chi connectivity index (χ3n) is 8.04. The van der Waals surface area contributed by atoms with Gasteiger partial charge in [-0.25, -0.2) is 9.97 Å². The zero-order valence-electron chi connectivity index (χ0n) is 22.4. The molecule has 5 rings (SSSR count). The SMILES string of the molecule is CC(=O)N1CCC(Nc2cc(C(=O)NCC(CN3CCc4ccccc4C3)N3CCNCC3)ncn2)CC1. The minimum absolute atomic E-state index is 0.119. The van der Waals surface area contributed by atoms with Crippen LogP contribution in [0, 0.1) is 0 Å². The van der Waals surface area contributed by atoms with Crippen LogP contribution in [-0.4, -0.2) is 107 Å². The van der Waals surface area contributed by atoms with Gasteiger partial charge in [0.05, 0.1) is 0 Å². The summed E-state index contributed by atoms with van der Waals surface area (Å²) in [5.74, 6) is 0.594. The highest BCUT2D eigenvalue weighted by Gasteiger charge is 2.26. The molecule has 0 bridgehead atoms. The number of anilines is 1. The second kappa shape index (κ2) is 12.6. The van der Waals surface area contributed by atoms with Crippen LogP contribution in [0.15, 0.2) is 36.7 Å². The summed E-state index contributed by atoms with van der Waals surface area (Å²) in [5, 5.41) is 10.0. The van der Waals surface area contributed by atoms with E-state index < -0.39 is 0 Å². The lowest BCUT2D eigenvalue weighted by atomic mass is 9.99. The lowest BCUT2D eigenvalue weighted by Gasteiger charge is -2.39. The van der Waals surface area contributed by atoms with Crippen molar-refractivity contribution in [3.63, 3.8) is 0 Å². The van der Waals surface area contributed by atoms with Crippen molar-refractivity contribution >= 4 is 17.6 Å². The molecule has 0 saturated carbocycles. The number of carbonyl (C=O) groups is 2. The Bertz CT molecular complexity index is 1100. The number of piperidine rings is 1. The first-order chi connectivity index (χ1) is 18.5. The van der Waals surface area contributed by atoms with Crippen molar-refractivity contribution in [1.82, 2.24) is 35.3 Å². The summed E-state index contributed by atoms with van der Waals surface area (Å²) < 4.78 is 0. The summed E-state index contributed by atoms with van der Waals surface area (Å²) in [6, 6.07) is 10.9. The van der Waals surface area contributed by atoms with Crippen molar-refractivity contribution in [3.05, 3.63) is 53.5 Å². The van der Waals surface area contributed by atoms with Gasteiger partial charge in [0.2, 0.25) is 5.91 Å². The van der Waals surface area contributed by atoms with Crippen LogP contribution < -0.4 is 16.0 Å². The summed E-state index contributed by atoms with van der Waals surface area (Å²) in [6.07, 6.45) is 4.24. The topological polar surface area (TPSA) is 106 Å². The molecule has 2 amide bonds. The predicted octanol–water partition coefficient (Wildman–Crippen LogP) is 0.961. The highest BCUT2D eigenvalue weighted by molar-refractivity contribution is 5.92. The summed E-state index contributed by atoms with van der Waals surface area (Å²) in [7, 11) is 0. The number of fused-ring (bicyclic) bond motifs is 1. The monoisotopic (exact) mass is 520 g/mol. The molecular formula is C28H40N8O2. The molecule has 4 heterocycles. The Kier molecular flexibility index (Phi) is 8.83. The molecule has 3 aliphatic rings. The molecular weight excluding hydrogens is 480 g/mol. The molecule has 0 radical (unpaired) electrons. The Labute approximate surface area is 225 Å². The van der Waals surface area contributed by atoms with E-state index in [1.807, 2.05) is 4.90 Å². The second-order valence-corrected chi connectivity index (χ2v) is 10.6. The highest BCUT2D eigenvalue weighted by atomic mass is 16.2. The zero-order valence-corrected chi connectivity index (χ0v) is 22.4. The summed E-state index contributed by atoms with van der Waals surface area (Å²) in [5.41, 5.74) is 3.23. The van der Waals surface area contributed by atoms with Gasteiger partial charge in [-0.15, -0.1) is 0 Å². The first kappa shape index (κ1) is 26.5. The van der Waals surface area contributed by atoms with Crippen molar-refractivity contribution in [2.75, 3.05) is 64.2 Å². The molecule has 3 N–H and O–H groups in total. The van der Waals surface area contributed by atoms with Gasteiger partial charge in [-0.3, -0.25) is 19.4 Å². The van der Waals surface area contributed by atoms with Gasteiger partial charge in [-0.1, -0.05) is 24.3 Å². The Morgan fingerprint density at radius 1 is 1.05 bits per heavy atom. The maximum Gasteiger partial charge on any atom is 0.270 e. The van der Waals surface area contributed by atoms with Gasteiger partial charge in [-0.2, -0.15) is 0 Å². The Hall–Kier alpha value is -3.08. The normalized spacial score (nSPS) is 20.0. The van der Waals surface area contributed by atoms with Crippen LogP contribution in [0.5, 0.6) is 0 Å². The maximum absolute atomic E-state index is 13.1. The molecule has 1 aromatic heterocycles. The lowest BCUT2D eigenvalue weighted by Crippen LogP contribution is -2.56.